The lowest BCUT2D eigenvalue weighted by Crippen LogP contribution is -2.56. The Morgan fingerprint density at radius 1 is 1.35 bits per heavy atom. The van der Waals surface area contributed by atoms with Crippen LogP contribution >= 0.6 is 0 Å². The highest BCUT2D eigenvalue weighted by Crippen LogP contribution is 2.29. The average Bonchev–Trinajstić information content (AvgIpc) is 2.29. The molecule has 17 heavy (non-hydrogen) atoms. The molecule has 100 valence electrons. The molecular weight excluding hydrogens is 214 g/mol. The number of aliphatic hydroxyl groups is 1. The molecule has 4 nitrogen and oxygen atoms in total. The summed E-state index contributed by atoms with van der Waals surface area (Å²) in [5.74, 6) is 0.788. The van der Waals surface area contributed by atoms with Gasteiger partial charge in [-0.25, -0.2) is 0 Å². The maximum absolute atomic E-state index is 10.0. The third-order valence-corrected chi connectivity index (χ3v) is 4.43. The second kappa shape index (κ2) is 5.22. The third-order valence-electron chi connectivity index (χ3n) is 4.43. The Morgan fingerprint density at radius 3 is 2.82 bits per heavy atom. The molecule has 2 rings (SSSR count). The normalized spacial score (nSPS) is 35.3. The van der Waals surface area contributed by atoms with E-state index in [2.05, 4.69) is 16.8 Å². The fraction of sp³-hybridized carbons (Fsp3) is 1.00. The number of rotatable bonds is 3. The fourth-order valence-electron chi connectivity index (χ4n) is 3.42. The summed E-state index contributed by atoms with van der Waals surface area (Å²) in [5.41, 5.74) is 4.86. The van der Waals surface area contributed by atoms with Gasteiger partial charge in [-0.2, -0.15) is 0 Å². The minimum absolute atomic E-state index is 0.345. The molecule has 4 heteroatoms. The summed E-state index contributed by atoms with van der Waals surface area (Å²) in [6.07, 6.45) is 3.90. The maximum atomic E-state index is 10.0. The molecule has 0 aliphatic carbocycles. The fourth-order valence-corrected chi connectivity index (χ4v) is 3.42. The molecule has 0 spiro atoms. The van der Waals surface area contributed by atoms with Crippen LogP contribution in [0.1, 0.15) is 26.2 Å². The molecule has 0 aromatic rings. The molecule has 2 saturated heterocycles. The van der Waals surface area contributed by atoms with Crippen molar-refractivity contribution < 1.29 is 5.11 Å². The van der Waals surface area contributed by atoms with Crippen LogP contribution in [0.15, 0.2) is 0 Å². The van der Waals surface area contributed by atoms with Gasteiger partial charge in [0.05, 0.1) is 5.60 Å². The lowest BCUT2D eigenvalue weighted by atomic mass is 9.84. The summed E-state index contributed by atoms with van der Waals surface area (Å²) < 4.78 is 0. The first kappa shape index (κ1) is 13.3. The lowest BCUT2D eigenvalue weighted by Gasteiger charge is -2.47. The van der Waals surface area contributed by atoms with Gasteiger partial charge in [-0.15, -0.1) is 0 Å². The van der Waals surface area contributed by atoms with E-state index >= 15 is 0 Å². The van der Waals surface area contributed by atoms with E-state index in [0.29, 0.717) is 6.54 Å². The van der Waals surface area contributed by atoms with Crippen molar-refractivity contribution >= 4 is 0 Å². The number of fused-ring (bicyclic) bond motifs is 1. The van der Waals surface area contributed by atoms with Crippen molar-refractivity contribution in [2.75, 3.05) is 39.8 Å². The molecule has 0 aromatic carbocycles. The monoisotopic (exact) mass is 241 g/mol. The van der Waals surface area contributed by atoms with Gasteiger partial charge in [0, 0.05) is 25.7 Å². The van der Waals surface area contributed by atoms with Crippen LogP contribution in [0.25, 0.3) is 0 Å². The van der Waals surface area contributed by atoms with Crippen LogP contribution in [0.2, 0.25) is 0 Å². The predicted molar refractivity (Wildman–Crippen MR) is 69.9 cm³/mol. The first-order valence-electron chi connectivity index (χ1n) is 6.87. The highest BCUT2D eigenvalue weighted by Gasteiger charge is 2.35. The largest absolute Gasteiger partial charge is 0.388 e. The zero-order valence-corrected chi connectivity index (χ0v) is 11.2. The standard InChI is InChI=1S/C13H27N3O/c1-13(17,9-14)10-16-7-5-12-11(8-16)4-3-6-15(12)2/h11-12,17H,3-10,14H2,1-2H3. The van der Waals surface area contributed by atoms with E-state index in [-0.39, 0.29) is 0 Å². The number of piperidine rings is 2. The summed E-state index contributed by atoms with van der Waals surface area (Å²) in [7, 11) is 2.25. The Bertz CT molecular complexity index is 257. The van der Waals surface area contributed by atoms with Crippen molar-refractivity contribution in [1.29, 1.82) is 0 Å². The van der Waals surface area contributed by atoms with Crippen LogP contribution in [0.5, 0.6) is 0 Å². The van der Waals surface area contributed by atoms with Gasteiger partial charge in [0.1, 0.15) is 0 Å². The molecule has 0 aromatic heterocycles. The van der Waals surface area contributed by atoms with Gasteiger partial charge >= 0.3 is 0 Å². The van der Waals surface area contributed by atoms with Crippen molar-refractivity contribution in [3.63, 3.8) is 0 Å². The number of nitrogens with two attached hydrogens (primary N) is 1. The van der Waals surface area contributed by atoms with Crippen LogP contribution in [-0.4, -0.2) is 66.3 Å². The minimum atomic E-state index is -0.729. The van der Waals surface area contributed by atoms with Crippen molar-refractivity contribution in [2.45, 2.75) is 37.8 Å². The summed E-state index contributed by atoms with van der Waals surface area (Å²) in [4.78, 5) is 4.92. The smallest absolute Gasteiger partial charge is 0.0867 e. The zero-order valence-electron chi connectivity index (χ0n) is 11.2. The average molecular weight is 241 g/mol. The van der Waals surface area contributed by atoms with Crippen LogP contribution < -0.4 is 5.73 Å². The molecule has 2 heterocycles. The van der Waals surface area contributed by atoms with Gasteiger partial charge in [0.15, 0.2) is 0 Å². The highest BCUT2D eigenvalue weighted by atomic mass is 16.3. The lowest BCUT2D eigenvalue weighted by molar-refractivity contribution is -0.0147. The molecule has 2 fully saturated rings. The second-order valence-corrected chi connectivity index (χ2v) is 6.18. The number of hydrogen-bond donors (Lipinski definition) is 2. The highest BCUT2D eigenvalue weighted by molar-refractivity contribution is 4.91. The summed E-state index contributed by atoms with van der Waals surface area (Å²) >= 11 is 0. The molecule has 2 aliphatic heterocycles. The maximum Gasteiger partial charge on any atom is 0.0867 e. The molecule has 2 aliphatic rings. The van der Waals surface area contributed by atoms with Gasteiger partial charge in [0.2, 0.25) is 0 Å². The van der Waals surface area contributed by atoms with Gasteiger partial charge in [-0.3, -0.25) is 0 Å². The molecule has 3 N–H and O–H groups in total. The first-order valence-corrected chi connectivity index (χ1v) is 6.87. The molecule has 3 atom stereocenters. The van der Waals surface area contributed by atoms with Crippen LogP contribution in [0, 0.1) is 5.92 Å². The number of nitrogens with zero attached hydrogens (tertiary/aromatic N) is 2. The first-order chi connectivity index (χ1) is 8.02. The molecule has 3 unspecified atom stereocenters. The number of likely N-dealkylation sites (tertiary alicyclic amines) is 2. The van der Waals surface area contributed by atoms with Gasteiger partial charge < -0.3 is 20.6 Å². The summed E-state index contributed by atoms with van der Waals surface area (Å²) in [5, 5.41) is 10.0. The van der Waals surface area contributed by atoms with Crippen molar-refractivity contribution in [2.24, 2.45) is 11.7 Å². The van der Waals surface area contributed by atoms with Crippen LogP contribution in [-0.2, 0) is 0 Å². The quantitative estimate of drug-likeness (QED) is 0.736. The van der Waals surface area contributed by atoms with Gasteiger partial charge in [-0.05, 0) is 52.2 Å². The molecule has 0 bridgehead atoms. The second-order valence-electron chi connectivity index (χ2n) is 6.18. The Labute approximate surface area is 105 Å². The summed E-state index contributed by atoms with van der Waals surface area (Å²) in [6, 6.07) is 0.767. The van der Waals surface area contributed by atoms with Crippen LogP contribution in [0.4, 0.5) is 0 Å². The Morgan fingerprint density at radius 2 is 2.12 bits per heavy atom. The number of hydrogen-bond acceptors (Lipinski definition) is 4. The predicted octanol–water partition coefficient (Wildman–Crippen LogP) is 0.112. The molecule has 0 saturated carbocycles. The van der Waals surface area contributed by atoms with E-state index in [1.54, 1.807) is 0 Å². The Kier molecular flexibility index (Phi) is 4.08. The SMILES string of the molecule is CN1CCCC2CN(CC(C)(O)CN)CCC21. The van der Waals surface area contributed by atoms with E-state index in [0.717, 1.165) is 31.6 Å². The third kappa shape index (κ3) is 3.19. The van der Waals surface area contributed by atoms with Crippen molar-refractivity contribution in [1.82, 2.24) is 9.80 Å². The summed E-state index contributed by atoms with van der Waals surface area (Å²) in [6.45, 7) is 6.38. The topological polar surface area (TPSA) is 52.7 Å². The van der Waals surface area contributed by atoms with Crippen molar-refractivity contribution in [3.8, 4) is 0 Å². The van der Waals surface area contributed by atoms with E-state index in [9.17, 15) is 5.11 Å². The Hall–Kier alpha value is -0.160. The van der Waals surface area contributed by atoms with E-state index in [1.165, 1.54) is 25.8 Å². The zero-order chi connectivity index (χ0) is 12.5. The van der Waals surface area contributed by atoms with Crippen LogP contribution in [0.3, 0.4) is 0 Å². The minimum Gasteiger partial charge on any atom is -0.388 e. The van der Waals surface area contributed by atoms with E-state index < -0.39 is 5.60 Å². The molecule has 0 amide bonds. The van der Waals surface area contributed by atoms with E-state index in [1.807, 2.05) is 6.92 Å². The van der Waals surface area contributed by atoms with Gasteiger partial charge in [0.25, 0.3) is 0 Å². The molecule has 0 radical (unpaired) electrons. The van der Waals surface area contributed by atoms with Gasteiger partial charge in [-0.1, -0.05) is 0 Å². The van der Waals surface area contributed by atoms with E-state index in [4.69, 9.17) is 5.73 Å². The number of β-amino-alcohol motifs (C(OH)–C–C–N with tert-alkyl or cyclic N) is 1. The molecular formula is C13H27N3O. The van der Waals surface area contributed by atoms with Crippen molar-refractivity contribution in [3.05, 3.63) is 0 Å². The Balaban J connectivity index is 1.89.